The van der Waals surface area contributed by atoms with Gasteiger partial charge in [-0.2, -0.15) is 30.7 Å². The van der Waals surface area contributed by atoms with Gasteiger partial charge in [0.25, 0.3) is 5.91 Å². The Morgan fingerprint density at radius 1 is 0.840 bits per heavy atom. The van der Waals surface area contributed by atoms with Crippen LogP contribution < -0.4 is 4.90 Å². The zero-order chi connectivity index (χ0) is 19.0. The Kier molecular flexibility index (Phi) is 4.88. The van der Waals surface area contributed by atoms with E-state index in [0.717, 1.165) is 12.1 Å². The van der Waals surface area contributed by atoms with E-state index in [1.165, 1.54) is 12.1 Å². The molecule has 0 unspecified atom stereocenters. The Balaban J connectivity index is 2.07. The Labute approximate surface area is 136 Å². The van der Waals surface area contributed by atoms with Crippen LogP contribution in [0.2, 0.25) is 0 Å². The van der Waals surface area contributed by atoms with Crippen LogP contribution in [0.3, 0.4) is 0 Å². The van der Waals surface area contributed by atoms with Gasteiger partial charge in [-0.1, -0.05) is 0 Å². The van der Waals surface area contributed by atoms with E-state index in [0.29, 0.717) is 5.69 Å². The Bertz CT molecular complexity index is 621. The molecule has 2 rings (SSSR count). The van der Waals surface area contributed by atoms with Gasteiger partial charge in [-0.05, 0) is 24.3 Å². The van der Waals surface area contributed by atoms with E-state index in [-0.39, 0.29) is 18.0 Å². The summed E-state index contributed by atoms with van der Waals surface area (Å²) in [5.74, 6) is -15.4. The fourth-order valence-corrected chi connectivity index (χ4v) is 2.33. The predicted molar refractivity (Wildman–Crippen MR) is 71.1 cm³/mol. The van der Waals surface area contributed by atoms with Crippen molar-refractivity contribution in [2.75, 3.05) is 31.1 Å². The molecule has 1 fully saturated rings. The summed E-state index contributed by atoms with van der Waals surface area (Å²) >= 11 is 0. The largest absolute Gasteiger partial charge is 0.460 e. The zero-order valence-electron chi connectivity index (χ0n) is 12.5. The number of piperazine rings is 1. The summed E-state index contributed by atoms with van der Waals surface area (Å²) in [4.78, 5) is 13.4. The van der Waals surface area contributed by atoms with E-state index in [1.54, 1.807) is 4.90 Å². The molecule has 1 aliphatic rings. The number of nitrogens with zero attached hydrogens (tertiary/aromatic N) is 2. The Morgan fingerprint density at radius 3 is 1.76 bits per heavy atom. The van der Waals surface area contributed by atoms with Crippen molar-refractivity contribution < 1.29 is 39.9 Å². The lowest BCUT2D eigenvalue weighted by Crippen LogP contribution is -2.62. The number of carbonyl (C=O) groups is 1. The quantitative estimate of drug-likeness (QED) is 0.756. The van der Waals surface area contributed by atoms with E-state index in [4.69, 9.17) is 0 Å². The molecule has 0 bridgehead atoms. The summed E-state index contributed by atoms with van der Waals surface area (Å²) in [5.41, 5.74) is 0.501. The van der Waals surface area contributed by atoms with Crippen LogP contribution in [0.5, 0.6) is 0 Å². The van der Waals surface area contributed by atoms with Crippen molar-refractivity contribution in [3.05, 3.63) is 30.1 Å². The first-order valence-corrected chi connectivity index (χ1v) is 7.00. The zero-order valence-corrected chi connectivity index (χ0v) is 12.5. The summed E-state index contributed by atoms with van der Waals surface area (Å²) in [6, 6.07) is 5.06. The minimum atomic E-state index is -6.55. The molecule has 25 heavy (non-hydrogen) atoms. The van der Waals surface area contributed by atoms with Crippen LogP contribution in [0.4, 0.5) is 40.8 Å². The summed E-state index contributed by atoms with van der Waals surface area (Å²) < 4.78 is 102. The molecule has 0 saturated carbocycles. The van der Waals surface area contributed by atoms with Crippen LogP contribution in [0.15, 0.2) is 24.3 Å². The maximum absolute atomic E-state index is 13.4. The van der Waals surface area contributed by atoms with Crippen molar-refractivity contribution in [2.45, 2.75) is 18.0 Å². The number of hydrogen-bond acceptors (Lipinski definition) is 2. The topological polar surface area (TPSA) is 23.6 Å². The van der Waals surface area contributed by atoms with E-state index in [9.17, 15) is 39.9 Å². The first-order chi connectivity index (χ1) is 11.4. The van der Waals surface area contributed by atoms with Gasteiger partial charge in [0.05, 0.1) is 0 Å². The van der Waals surface area contributed by atoms with Crippen molar-refractivity contribution in [3.63, 3.8) is 0 Å². The monoisotopic (exact) mass is 376 g/mol. The third-order valence-electron chi connectivity index (χ3n) is 3.78. The lowest BCUT2D eigenvalue weighted by molar-refractivity contribution is -0.346. The number of halogens is 8. The molecule has 0 atom stereocenters. The summed E-state index contributed by atoms with van der Waals surface area (Å²) in [6.45, 7) is -1.10. The summed E-state index contributed by atoms with van der Waals surface area (Å²) in [6.07, 6.45) is -6.55. The molecular formula is C14H12F8N2O. The van der Waals surface area contributed by atoms with Crippen LogP contribution in [0.25, 0.3) is 0 Å². The molecule has 0 aliphatic carbocycles. The first kappa shape index (κ1) is 19.3. The van der Waals surface area contributed by atoms with Gasteiger partial charge in [-0.25, -0.2) is 4.39 Å². The summed E-state index contributed by atoms with van der Waals surface area (Å²) in [7, 11) is 0. The van der Waals surface area contributed by atoms with Gasteiger partial charge in [-0.15, -0.1) is 0 Å². The van der Waals surface area contributed by atoms with Crippen LogP contribution in [0, 0.1) is 5.82 Å². The third-order valence-corrected chi connectivity index (χ3v) is 3.78. The Morgan fingerprint density at radius 2 is 1.32 bits per heavy atom. The van der Waals surface area contributed by atoms with E-state index < -0.39 is 42.8 Å². The van der Waals surface area contributed by atoms with Gasteiger partial charge in [0.15, 0.2) is 0 Å². The number of carbonyl (C=O) groups excluding carboxylic acids is 1. The van der Waals surface area contributed by atoms with E-state index in [1.807, 2.05) is 0 Å². The molecule has 0 N–H and O–H groups in total. The van der Waals surface area contributed by atoms with Gasteiger partial charge >= 0.3 is 18.0 Å². The van der Waals surface area contributed by atoms with Crippen molar-refractivity contribution >= 4 is 11.6 Å². The number of hydrogen-bond donors (Lipinski definition) is 0. The fourth-order valence-electron chi connectivity index (χ4n) is 2.33. The normalized spacial score (nSPS) is 17.0. The highest BCUT2D eigenvalue weighted by molar-refractivity contribution is 5.85. The van der Waals surface area contributed by atoms with Crippen molar-refractivity contribution in [3.8, 4) is 0 Å². The van der Waals surface area contributed by atoms with Gasteiger partial charge in [0.1, 0.15) is 5.82 Å². The number of anilines is 1. The molecule has 3 nitrogen and oxygen atoms in total. The van der Waals surface area contributed by atoms with Crippen LogP contribution in [-0.2, 0) is 4.79 Å². The maximum Gasteiger partial charge on any atom is 0.460 e. The molecule has 1 heterocycles. The average molecular weight is 376 g/mol. The van der Waals surface area contributed by atoms with Crippen LogP contribution in [0.1, 0.15) is 0 Å². The molecule has 1 amide bonds. The molecular weight excluding hydrogens is 364 g/mol. The van der Waals surface area contributed by atoms with E-state index >= 15 is 0 Å². The number of rotatable bonds is 3. The molecule has 1 aromatic carbocycles. The maximum atomic E-state index is 13.4. The smallest absolute Gasteiger partial charge is 0.368 e. The molecule has 1 saturated heterocycles. The molecule has 140 valence electrons. The lowest BCUT2D eigenvalue weighted by Gasteiger charge is -2.38. The Hall–Kier alpha value is -2.07. The number of benzene rings is 1. The minimum absolute atomic E-state index is 0.0783. The molecule has 0 spiro atoms. The highest BCUT2D eigenvalue weighted by atomic mass is 19.4. The highest BCUT2D eigenvalue weighted by Gasteiger charge is 2.76. The second-order valence-corrected chi connectivity index (χ2v) is 5.40. The van der Waals surface area contributed by atoms with Crippen LogP contribution >= 0.6 is 0 Å². The van der Waals surface area contributed by atoms with Gasteiger partial charge in [0.2, 0.25) is 0 Å². The number of amides is 1. The SMILES string of the molecule is O=C(N1CCN(c2ccc(F)cc2)CC1)C(F)(F)C(F)(F)C(F)(F)F. The highest BCUT2D eigenvalue weighted by Crippen LogP contribution is 2.47. The molecule has 0 radical (unpaired) electrons. The predicted octanol–water partition coefficient (Wildman–Crippen LogP) is 3.31. The average Bonchev–Trinajstić information content (AvgIpc) is 2.54. The fraction of sp³-hybridized carbons (Fsp3) is 0.500. The second-order valence-electron chi connectivity index (χ2n) is 5.40. The van der Waals surface area contributed by atoms with Gasteiger partial charge < -0.3 is 9.80 Å². The molecule has 0 aromatic heterocycles. The van der Waals surface area contributed by atoms with Crippen LogP contribution in [-0.4, -0.2) is 55.0 Å². The van der Waals surface area contributed by atoms with E-state index in [2.05, 4.69) is 0 Å². The first-order valence-electron chi connectivity index (χ1n) is 7.00. The van der Waals surface area contributed by atoms with Crippen molar-refractivity contribution in [1.82, 2.24) is 4.90 Å². The van der Waals surface area contributed by atoms with Gasteiger partial charge in [-0.3, -0.25) is 4.79 Å². The standard InChI is InChI=1S/C14H12F8N2O/c15-9-1-3-10(4-2-9)23-5-7-24(8-6-23)11(25)12(16,17)13(18,19)14(20,21)22/h1-4H,5-8H2. The molecule has 11 heteroatoms. The van der Waals surface area contributed by atoms with Gasteiger partial charge in [0, 0.05) is 31.9 Å². The van der Waals surface area contributed by atoms with Crippen molar-refractivity contribution in [1.29, 1.82) is 0 Å². The lowest BCUT2D eigenvalue weighted by atomic mass is 10.1. The summed E-state index contributed by atoms with van der Waals surface area (Å²) in [5, 5.41) is 0. The third kappa shape index (κ3) is 3.49. The molecule has 1 aliphatic heterocycles. The van der Waals surface area contributed by atoms with Crippen molar-refractivity contribution in [2.24, 2.45) is 0 Å². The second kappa shape index (κ2) is 6.34. The minimum Gasteiger partial charge on any atom is -0.368 e. The molecule has 1 aromatic rings. The number of alkyl halides is 7.